The van der Waals surface area contributed by atoms with Gasteiger partial charge in [-0.25, -0.2) is 4.98 Å². The molecule has 0 radical (unpaired) electrons. The van der Waals surface area contributed by atoms with Crippen LogP contribution >= 0.6 is 11.8 Å². The van der Waals surface area contributed by atoms with Crippen molar-refractivity contribution in [1.82, 2.24) is 9.97 Å². The van der Waals surface area contributed by atoms with Crippen LogP contribution in [0.4, 0.5) is 17.3 Å². The van der Waals surface area contributed by atoms with Crippen LogP contribution in [-0.4, -0.2) is 28.3 Å². The predicted molar refractivity (Wildman–Crippen MR) is 105 cm³/mol. The maximum absolute atomic E-state index is 11.8. The maximum Gasteiger partial charge on any atom is 0.252 e. The molecule has 2 N–H and O–H groups in total. The standard InChI is InChI=1S/C18H26N4OS/c1-5-22(6-2)16-9-7-14(8-10-16)19-18-20-15(11-17(23)21-18)12-24-13(3)4/h7-11,13H,5-6,12H2,1-4H3,(H2,19,20,21,23). The highest BCUT2D eigenvalue weighted by Gasteiger charge is 2.05. The second-order valence-corrected chi connectivity index (χ2v) is 7.35. The second kappa shape index (κ2) is 8.78. The molecule has 24 heavy (non-hydrogen) atoms. The summed E-state index contributed by atoms with van der Waals surface area (Å²) in [6, 6.07) is 9.72. The molecule has 0 saturated carbocycles. The SMILES string of the molecule is CCN(CC)c1ccc(Nc2nc(CSC(C)C)cc(=O)[nH]2)cc1. The van der Waals surface area contributed by atoms with Crippen molar-refractivity contribution in [2.45, 2.75) is 38.7 Å². The average molecular weight is 347 g/mol. The van der Waals surface area contributed by atoms with E-state index in [1.807, 2.05) is 12.1 Å². The van der Waals surface area contributed by atoms with Crippen LogP contribution in [0.5, 0.6) is 0 Å². The fourth-order valence-electron chi connectivity index (χ4n) is 2.37. The van der Waals surface area contributed by atoms with Gasteiger partial charge in [-0.2, -0.15) is 11.8 Å². The van der Waals surface area contributed by atoms with Gasteiger partial charge < -0.3 is 10.2 Å². The topological polar surface area (TPSA) is 61.0 Å². The molecule has 1 heterocycles. The van der Waals surface area contributed by atoms with Crippen LogP contribution in [0.1, 0.15) is 33.4 Å². The van der Waals surface area contributed by atoms with E-state index in [1.165, 1.54) is 5.69 Å². The molecule has 0 fully saturated rings. The molecule has 2 rings (SSSR count). The minimum Gasteiger partial charge on any atom is -0.372 e. The highest BCUT2D eigenvalue weighted by Crippen LogP contribution is 2.20. The molecule has 0 spiro atoms. The number of benzene rings is 1. The van der Waals surface area contributed by atoms with Crippen molar-refractivity contribution in [2.24, 2.45) is 0 Å². The quantitative estimate of drug-likeness (QED) is 0.756. The first kappa shape index (κ1) is 18.4. The Morgan fingerprint density at radius 2 is 1.88 bits per heavy atom. The smallest absolute Gasteiger partial charge is 0.252 e. The van der Waals surface area contributed by atoms with Gasteiger partial charge in [-0.15, -0.1) is 0 Å². The second-order valence-electron chi connectivity index (χ2n) is 5.79. The fourth-order valence-corrected chi connectivity index (χ4v) is 3.03. The summed E-state index contributed by atoms with van der Waals surface area (Å²) in [7, 11) is 0. The van der Waals surface area contributed by atoms with Crippen LogP contribution in [0.2, 0.25) is 0 Å². The molecule has 2 aromatic rings. The Morgan fingerprint density at radius 3 is 2.46 bits per heavy atom. The zero-order chi connectivity index (χ0) is 17.5. The molecular formula is C18H26N4OS. The van der Waals surface area contributed by atoms with E-state index < -0.39 is 0 Å². The van der Waals surface area contributed by atoms with Gasteiger partial charge in [0.25, 0.3) is 5.56 Å². The fraction of sp³-hybridized carbons (Fsp3) is 0.444. The van der Waals surface area contributed by atoms with Crippen molar-refractivity contribution >= 4 is 29.1 Å². The van der Waals surface area contributed by atoms with Gasteiger partial charge in [0.05, 0.1) is 5.69 Å². The number of nitrogens with zero attached hydrogens (tertiary/aromatic N) is 2. The summed E-state index contributed by atoms with van der Waals surface area (Å²) in [5.74, 6) is 1.22. The van der Waals surface area contributed by atoms with Crippen LogP contribution in [-0.2, 0) is 5.75 Å². The lowest BCUT2D eigenvalue weighted by Crippen LogP contribution is -2.21. The molecule has 0 atom stereocenters. The van der Waals surface area contributed by atoms with E-state index >= 15 is 0 Å². The minimum absolute atomic E-state index is 0.133. The lowest BCUT2D eigenvalue weighted by molar-refractivity contribution is 0.866. The Morgan fingerprint density at radius 1 is 1.21 bits per heavy atom. The monoisotopic (exact) mass is 346 g/mol. The third-order valence-electron chi connectivity index (χ3n) is 3.62. The molecule has 0 aliphatic heterocycles. The van der Waals surface area contributed by atoms with Crippen LogP contribution < -0.4 is 15.8 Å². The Labute approximate surface area is 147 Å². The average Bonchev–Trinajstić information content (AvgIpc) is 2.55. The van der Waals surface area contributed by atoms with Gasteiger partial charge in [0.15, 0.2) is 0 Å². The Bertz CT molecular complexity index is 693. The van der Waals surface area contributed by atoms with E-state index in [-0.39, 0.29) is 5.56 Å². The summed E-state index contributed by atoms with van der Waals surface area (Å²) < 4.78 is 0. The highest BCUT2D eigenvalue weighted by molar-refractivity contribution is 7.99. The van der Waals surface area contributed by atoms with Crippen molar-refractivity contribution in [1.29, 1.82) is 0 Å². The number of aromatic nitrogens is 2. The third-order valence-corrected chi connectivity index (χ3v) is 4.75. The predicted octanol–water partition coefficient (Wildman–Crippen LogP) is 4.00. The number of rotatable bonds is 8. The summed E-state index contributed by atoms with van der Waals surface area (Å²) in [6.07, 6.45) is 0. The lowest BCUT2D eigenvalue weighted by Gasteiger charge is -2.21. The molecule has 0 aliphatic carbocycles. The number of hydrogen-bond acceptors (Lipinski definition) is 5. The summed E-state index contributed by atoms with van der Waals surface area (Å²) >= 11 is 1.77. The third kappa shape index (κ3) is 5.30. The van der Waals surface area contributed by atoms with Crippen molar-refractivity contribution in [3.05, 3.63) is 46.4 Å². The molecular weight excluding hydrogens is 320 g/mol. The first-order valence-corrected chi connectivity index (χ1v) is 9.40. The number of aromatic amines is 1. The van der Waals surface area contributed by atoms with Crippen molar-refractivity contribution < 1.29 is 0 Å². The van der Waals surface area contributed by atoms with Crippen LogP contribution in [0.15, 0.2) is 35.1 Å². The molecule has 5 nitrogen and oxygen atoms in total. The molecule has 6 heteroatoms. The molecule has 0 aliphatic rings. The van der Waals surface area contributed by atoms with E-state index in [4.69, 9.17) is 0 Å². The van der Waals surface area contributed by atoms with Crippen LogP contribution in [0, 0.1) is 0 Å². The largest absolute Gasteiger partial charge is 0.372 e. The lowest BCUT2D eigenvalue weighted by atomic mass is 10.2. The summed E-state index contributed by atoms with van der Waals surface area (Å²) in [4.78, 5) is 21.3. The van der Waals surface area contributed by atoms with E-state index in [1.54, 1.807) is 17.8 Å². The van der Waals surface area contributed by atoms with Gasteiger partial charge in [0, 0.05) is 36.3 Å². The normalized spacial score (nSPS) is 10.9. The Kier molecular flexibility index (Phi) is 6.73. The Hall–Kier alpha value is -1.95. The van der Waals surface area contributed by atoms with Crippen LogP contribution in [0.25, 0.3) is 0 Å². The molecule has 1 aromatic carbocycles. The van der Waals surface area contributed by atoms with E-state index in [0.29, 0.717) is 11.2 Å². The zero-order valence-electron chi connectivity index (χ0n) is 14.8. The zero-order valence-corrected chi connectivity index (χ0v) is 15.6. The van der Waals surface area contributed by atoms with Gasteiger partial charge in [-0.1, -0.05) is 13.8 Å². The van der Waals surface area contributed by atoms with Gasteiger partial charge in [-0.3, -0.25) is 9.78 Å². The number of hydrogen-bond donors (Lipinski definition) is 2. The number of thioether (sulfide) groups is 1. The molecule has 130 valence electrons. The molecule has 0 bridgehead atoms. The van der Waals surface area contributed by atoms with Gasteiger partial charge in [0.1, 0.15) is 0 Å². The summed E-state index contributed by atoms with van der Waals surface area (Å²) in [6.45, 7) is 10.5. The highest BCUT2D eigenvalue weighted by atomic mass is 32.2. The first-order valence-electron chi connectivity index (χ1n) is 8.35. The number of H-pyrrole nitrogens is 1. The van der Waals surface area contributed by atoms with E-state index in [9.17, 15) is 4.79 Å². The van der Waals surface area contributed by atoms with Gasteiger partial charge in [0.2, 0.25) is 5.95 Å². The molecule has 1 aromatic heterocycles. The first-order chi connectivity index (χ1) is 11.5. The Balaban J connectivity index is 2.11. The summed E-state index contributed by atoms with van der Waals surface area (Å²) in [5.41, 5.74) is 2.75. The molecule has 0 saturated heterocycles. The number of nitrogens with one attached hydrogen (secondary N) is 2. The minimum atomic E-state index is -0.133. The van der Waals surface area contributed by atoms with Crippen LogP contribution in [0.3, 0.4) is 0 Å². The number of anilines is 3. The molecule has 0 unspecified atom stereocenters. The molecule has 0 amide bonds. The van der Waals surface area contributed by atoms with Crippen molar-refractivity contribution in [3.63, 3.8) is 0 Å². The summed E-state index contributed by atoms with van der Waals surface area (Å²) in [5, 5.41) is 3.69. The van der Waals surface area contributed by atoms with E-state index in [2.05, 4.69) is 60.0 Å². The van der Waals surface area contributed by atoms with E-state index in [0.717, 1.165) is 30.2 Å². The van der Waals surface area contributed by atoms with Crippen molar-refractivity contribution in [3.8, 4) is 0 Å². The van der Waals surface area contributed by atoms with Gasteiger partial charge >= 0.3 is 0 Å². The maximum atomic E-state index is 11.8. The van der Waals surface area contributed by atoms with Gasteiger partial charge in [-0.05, 0) is 43.4 Å². The van der Waals surface area contributed by atoms with Crippen molar-refractivity contribution in [2.75, 3.05) is 23.3 Å².